The standard InChI is InChI=1S/C19H26O2/c1-2-15-21-19(17-11-7-4-8-12-17)18(13-14-20)16-9-5-3-6-10-16/h2-3,5-6,9-10,14,17-19H,1,4,7-8,11-13,15H2. The molecule has 1 aliphatic rings. The van der Waals surface area contributed by atoms with Crippen LogP contribution in [0.5, 0.6) is 0 Å². The highest BCUT2D eigenvalue weighted by Gasteiger charge is 2.31. The van der Waals surface area contributed by atoms with E-state index >= 15 is 0 Å². The summed E-state index contributed by atoms with van der Waals surface area (Å²) < 4.78 is 6.12. The Kier molecular flexibility index (Phi) is 6.68. The van der Waals surface area contributed by atoms with Crippen LogP contribution in [0.3, 0.4) is 0 Å². The van der Waals surface area contributed by atoms with Crippen LogP contribution in [0.25, 0.3) is 0 Å². The average molecular weight is 286 g/mol. The van der Waals surface area contributed by atoms with E-state index in [4.69, 9.17) is 4.74 Å². The first-order chi connectivity index (χ1) is 10.4. The predicted molar refractivity (Wildman–Crippen MR) is 86.4 cm³/mol. The van der Waals surface area contributed by atoms with Gasteiger partial charge in [0.05, 0.1) is 12.7 Å². The minimum atomic E-state index is 0.121. The summed E-state index contributed by atoms with van der Waals surface area (Å²) in [6.45, 7) is 4.32. The van der Waals surface area contributed by atoms with Gasteiger partial charge in [-0.3, -0.25) is 0 Å². The van der Waals surface area contributed by atoms with Gasteiger partial charge in [0.15, 0.2) is 0 Å². The molecule has 0 radical (unpaired) electrons. The van der Waals surface area contributed by atoms with Crippen LogP contribution in [0.15, 0.2) is 43.0 Å². The van der Waals surface area contributed by atoms with Gasteiger partial charge in [-0.1, -0.05) is 55.7 Å². The lowest BCUT2D eigenvalue weighted by molar-refractivity contribution is -0.109. The molecular weight excluding hydrogens is 260 g/mol. The summed E-state index contributed by atoms with van der Waals surface area (Å²) in [5, 5.41) is 0. The number of ether oxygens (including phenoxy) is 1. The average Bonchev–Trinajstić information content (AvgIpc) is 2.56. The fourth-order valence-corrected chi connectivity index (χ4v) is 3.49. The fraction of sp³-hybridized carbons (Fsp3) is 0.526. The van der Waals surface area contributed by atoms with Crippen molar-refractivity contribution in [2.24, 2.45) is 5.92 Å². The summed E-state index contributed by atoms with van der Waals surface area (Å²) in [5.41, 5.74) is 1.21. The SMILES string of the molecule is C=CCOC(C1CCCCC1)C(CC=O)c1ccccc1. The van der Waals surface area contributed by atoms with Crippen LogP contribution in [0.1, 0.15) is 50.0 Å². The maximum absolute atomic E-state index is 11.2. The Morgan fingerprint density at radius 3 is 2.52 bits per heavy atom. The van der Waals surface area contributed by atoms with E-state index in [0.29, 0.717) is 18.9 Å². The summed E-state index contributed by atoms with van der Waals surface area (Å²) >= 11 is 0. The van der Waals surface area contributed by atoms with E-state index in [1.54, 1.807) is 6.08 Å². The quantitative estimate of drug-likeness (QED) is 0.519. The van der Waals surface area contributed by atoms with E-state index in [1.165, 1.54) is 37.7 Å². The molecule has 0 amide bonds. The molecule has 2 rings (SSSR count). The van der Waals surface area contributed by atoms with Gasteiger partial charge in [-0.25, -0.2) is 0 Å². The molecule has 0 aromatic heterocycles. The zero-order valence-electron chi connectivity index (χ0n) is 12.7. The lowest BCUT2D eigenvalue weighted by Gasteiger charge is -2.35. The summed E-state index contributed by atoms with van der Waals surface area (Å²) in [7, 11) is 0. The highest BCUT2D eigenvalue weighted by Crippen LogP contribution is 2.36. The molecule has 1 saturated carbocycles. The smallest absolute Gasteiger partial charge is 0.120 e. The molecule has 2 nitrogen and oxygen atoms in total. The second-order valence-corrected chi connectivity index (χ2v) is 5.90. The first-order valence-electron chi connectivity index (χ1n) is 8.08. The van der Waals surface area contributed by atoms with Gasteiger partial charge in [0.1, 0.15) is 6.29 Å². The normalized spacial score (nSPS) is 18.9. The van der Waals surface area contributed by atoms with Crippen LogP contribution >= 0.6 is 0 Å². The molecule has 0 N–H and O–H groups in total. The molecule has 0 bridgehead atoms. The van der Waals surface area contributed by atoms with Crippen molar-refractivity contribution in [1.29, 1.82) is 0 Å². The molecule has 1 fully saturated rings. The lowest BCUT2D eigenvalue weighted by Crippen LogP contribution is -2.32. The monoisotopic (exact) mass is 286 g/mol. The Hall–Kier alpha value is -1.41. The van der Waals surface area contributed by atoms with Crippen molar-refractivity contribution in [2.45, 2.75) is 50.5 Å². The van der Waals surface area contributed by atoms with Gasteiger partial charge in [-0.2, -0.15) is 0 Å². The van der Waals surface area contributed by atoms with Crippen LogP contribution in [0.2, 0.25) is 0 Å². The van der Waals surface area contributed by atoms with Gasteiger partial charge in [-0.05, 0) is 24.3 Å². The van der Waals surface area contributed by atoms with Crippen molar-refractivity contribution < 1.29 is 9.53 Å². The van der Waals surface area contributed by atoms with Crippen LogP contribution < -0.4 is 0 Å². The minimum absolute atomic E-state index is 0.121. The maximum Gasteiger partial charge on any atom is 0.120 e. The molecule has 1 aromatic rings. The molecule has 0 aliphatic heterocycles. The topological polar surface area (TPSA) is 26.3 Å². The summed E-state index contributed by atoms with van der Waals surface area (Å²) in [6, 6.07) is 10.3. The Labute approximate surface area is 128 Å². The van der Waals surface area contributed by atoms with E-state index in [0.717, 1.165) is 6.29 Å². The van der Waals surface area contributed by atoms with E-state index in [2.05, 4.69) is 18.7 Å². The molecule has 114 valence electrons. The third-order valence-electron chi connectivity index (χ3n) is 4.50. The van der Waals surface area contributed by atoms with Gasteiger partial charge in [0, 0.05) is 12.3 Å². The Morgan fingerprint density at radius 1 is 1.19 bits per heavy atom. The lowest BCUT2D eigenvalue weighted by atomic mass is 9.77. The number of hydrogen-bond acceptors (Lipinski definition) is 2. The third kappa shape index (κ3) is 4.53. The summed E-state index contributed by atoms with van der Waals surface area (Å²) in [5.74, 6) is 0.718. The molecule has 1 aromatic carbocycles. The third-order valence-corrected chi connectivity index (χ3v) is 4.50. The largest absolute Gasteiger partial charge is 0.373 e. The van der Waals surface area contributed by atoms with Gasteiger partial charge in [0.25, 0.3) is 0 Å². The molecule has 2 unspecified atom stereocenters. The first kappa shape index (κ1) is 16.0. The van der Waals surface area contributed by atoms with Crippen molar-refractivity contribution in [3.05, 3.63) is 48.6 Å². The molecule has 1 aliphatic carbocycles. The van der Waals surface area contributed by atoms with Crippen LogP contribution in [-0.2, 0) is 9.53 Å². The number of benzene rings is 1. The van der Waals surface area contributed by atoms with Crippen LogP contribution in [0, 0.1) is 5.92 Å². The van der Waals surface area contributed by atoms with Crippen molar-refractivity contribution in [3.8, 4) is 0 Å². The van der Waals surface area contributed by atoms with E-state index in [9.17, 15) is 4.79 Å². The van der Waals surface area contributed by atoms with Gasteiger partial charge in [0.2, 0.25) is 0 Å². The maximum atomic E-state index is 11.2. The number of carbonyl (C=O) groups is 1. The number of carbonyl (C=O) groups excluding carboxylic acids is 1. The van der Waals surface area contributed by atoms with E-state index < -0.39 is 0 Å². The van der Waals surface area contributed by atoms with Crippen molar-refractivity contribution in [1.82, 2.24) is 0 Å². The molecule has 2 heteroatoms. The highest BCUT2D eigenvalue weighted by molar-refractivity contribution is 5.52. The van der Waals surface area contributed by atoms with Gasteiger partial charge >= 0.3 is 0 Å². The summed E-state index contributed by atoms with van der Waals surface area (Å²) in [6.07, 6.45) is 9.80. The van der Waals surface area contributed by atoms with Crippen molar-refractivity contribution in [3.63, 3.8) is 0 Å². The molecule has 2 atom stereocenters. The zero-order valence-corrected chi connectivity index (χ0v) is 12.7. The Bertz CT molecular complexity index is 420. The molecular formula is C19H26O2. The number of hydrogen-bond donors (Lipinski definition) is 0. The van der Waals surface area contributed by atoms with Crippen LogP contribution in [-0.4, -0.2) is 19.0 Å². The van der Waals surface area contributed by atoms with Crippen LogP contribution in [0.4, 0.5) is 0 Å². The van der Waals surface area contributed by atoms with Crippen molar-refractivity contribution in [2.75, 3.05) is 6.61 Å². The summed E-state index contributed by atoms with van der Waals surface area (Å²) in [4.78, 5) is 11.2. The predicted octanol–water partition coefficient (Wildman–Crippen LogP) is 4.51. The number of rotatable bonds is 8. The zero-order chi connectivity index (χ0) is 14.9. The molecule has 21 heavy (non-hydrogen) atoms. The van der Waals surface area contributed by atoms with Crippen molar-refractivity contribution >= 4 is 6.29 Å². The van der Waals surface area contributed by atoms with Gasteiger partial charge in [-0.15, -0.1) is 6.58 Å². The second-order valence-electron chi connectivity index (χ2n) is 5.90. The molecule has 0 heterocycles. The fourth-order valence-electron chi connectivity index (χ4n) is 3.49. The minimum Gasteiger partial charge on any atom is -0.373 e. The van der Waals surface area contributed by atoms with E-state index in [1.807, 2.05) is 18.2 Å². The Morgan fingerprint density at radius 2 is 1.90 bits per heavy atom. The second kappa shape index (κ2) is 8.78. The first-order valence-corrected chi connectivity index (χ1v) is 8.08. The molecule has 0 saturated heterocycles. The van der Waals surface area contributed by atoms with Gasteiger partial charge < -0.3 is 9.53 Å². The Balaban J connectivity index is 2.20. The van der Waals surface area contributed by atoms with E-state index in [-0.39, 0.29) is 12.0 Å². The molecule has 0 spiro atoms. The number of aldehydes is 1. The highest BCUT2D eigenvalue weighted by atomic mass is 16.5.